The van der Waals surface area contributed by atoms with Gasteiger partial charge in [0.25, 0.3) is 5.91 Å². The predicted octanol–water partition coefficient (Wildman–Crippen LogP) is 2.23. The number of carbonyl (C=O) groups is 1. The summed E-state index contributed by atoms with van der Waals surface area (Å²) in [4.78, 5) is 24.7. The molecule has 5 nitrogen and oxygen atoms in total. The van der Waals surface area contributed by atoms with E-state index in [-0.39, 0.29) is 11.8 Å². The van der Waals surface area contributed by atoms with E-state index in [1.807, 2.05) is 32.9 Å². The number of pyridine rings is 1. The summed E-state index contributed by atoms with van der Waals surface area (Å²) in [5.41, 5.74) is 2.17. The van der Waals surface area contributed by atoms with Crippen molar-refractivity contribution in [3.05, 3.63) is 53.4 Å². The van der Waals surface area contributed by atoms with Crippen molar-refractivity contribution in [1.29, 1.82) is 0 Å². The smallest absolute Gasteiger partial charge is 0.254 e. The second-order valence-corrected chi connectivity index (χ2v) is 4.93. The predicted molar refractivity (Wildman–Crippen MR) is 76.3 cm³/mol. The lowest BCUT2D eigenvalue weighted by atomic mass is 10.1. The molecule has 0 saturated carbocycles. The molecule has 104 valence electrons. The summed E-state index contributed by atoms with van der Waals surface area (Å²) in [7, 11) is 0. The number of aromatic nitrogens is 3. The average molecular weight is 270 g/mol. The molecule has 2 heterocycles. The fourth-order valence-electron chi connectivity index (χ4n) is 1.77. The zero-order valence-electron chi connectivity index (χ0n) is 11.9. The summed E-state index contributed by atoms with van der Waals surface area (Å²) in [6.07, 6.45) is 5.02. The molecule has 2 rings (SSSR count). The number of aryl methyl sites for hydroxylation is 1. The molecule has 0 saturated heterocycles. The maximum absolute atomic E-state index is 12.1. The Kier molecular flexibility index (Phi) is 4.40. The van der Waals surface area contributed by atoms with E-state index in [1.165, 1.54) is 0 Å². The first-order valence-electron chi connectivity index (χ1n) is 6.58. The van der Waals surface area contributed by atoms with Crippen molar-refractivity contribution in [2.24, 2.45) is 0 Å². The van der Waals surface area contributed by atoms with Gasteiger partial charge in [-0.2, -0.15) is 0 Å². The van der Waals surface area contributed by atoms with Gasteiger partial charge < -0.3 is 5.32 Å². The van der Waals surface area contributed by atoms with Crippen molar-refractivity contribution < 1.29 is 4.79 Å². The van der Waals surface area contributed by atoms with Gasteiger partial charge in [0.15, 0.2) is 0 Å². The van der Waals surface area contributed by atoms with Crippen molar-refractivity contribution in [2.75, 3.05) is 0 Å². The zero-order chi connectivity index (χ0) is 14.5. The second-order valence-electron chi connectivity index (χ2n) is 4.93. The fraction of sp³-hybridized carbons (Fsp3) is 0.333. The molecule has 20 heavy (non-hydrogen) atoms. The van der Waals surface area contributed by atoms with Gasteiger partial charge in [0, 0.05) is 31.1 Å². The Bertz CT molecular complexity index is 596. The molecule has 0 aliphatic rings. The van der Waals surface area contributed by atoms with Gasteiger partial charge in [0.05, 0.1) is 11.3 Å². The Labute approximate surface area is 118 Å². The highest BCUT2D eigenvalue weighted by atomic mass is 16.1. The lowest BCUT2D eigenvalue weighted by Gasteiger charge is -2.09. The highest BCUT2D eigenvalue weighted by Crippen LogP contribution is 2.11. The summed E-state index contributed by atoms with van der Waals surface area (Å²) in [6.45, 7) is 6.32. The first-order chi connectivity index (χ1) is 9.58. The molecule has 0 spiro atoms. The number of rotatable bonds is 4. The first-order valence-corrected chi connectivity index (χ1v) is 6.58. The molecule has 0 atom stereocenters. The Balaban J connectivity index is 2.06. The molecule has 1 amide bonds. The van der Waals surface area contributed by atoms with E-state index >= 15 is 0 Å². The third-order valence-corrected chi connectivity index (χ3v) is 2.93. The van der Waals surface area contributed by atoms with Crippen LogP contribution < -0.4 is 5.32 Å². The van der Waals surface area contributed by atoms with Crippen LogP contribution in [0.4, 0.5) is 0 Å². The third kappa shape index (κ3) is 3.38. The van der Waals surface area contributed by atoms with E-state index in [1.54, 1.807) is 18.6 Å². The van der Waals surface area contributed by atoms with E-state index in [9.17, 15) is 4.79 Å². The molecule has 0 radical (unpaired) electrons. The van der Waals surface area contributed by atoms with E-state index < -0.39 is 0 Å². The van der Waals surface area contributed by atoms with E-state index in [0.29, 0.717) is 17.8 Å². The van der Waals surface area contributed by atoms with Crippen LogP contribution in [0, 0.1) is 6.92 Å². The molecule has 2 aromatic rings. The van der Waals surface area contributed by atoms with Crippen LogP contribution in [0.15, 0.2) is 30.7 Å². The van der Waals surface area contributed by atoms with Gasteiger partial charge in [-0.3, -0.25) is 9.78 Å². The molecular formula is C15H18N4O. The minimum Gasteiger partial charge on any atom is -0.348 e. The van der Waals surface area contributed by atoms with Crippen LogP contribution >= 0.6 is 0 Å². The molecule has 1 N–H and O–H groups in total. The van der Waals surface area contributed by atoms with Crippen LogP contribution in [-0.4, -0.2) is 20.9 Å². The number of carbonyl (C=O) groups excluding carboxylic acids is 1. The standard InChI is InChI=1S/C15H18N4O/c1-10(2)14-17-9-13(11(3)19-14)15(20)18-8-12-5-4-6-16-7-12/h4-7,9-10H,8H2,1-3H3,(H,18,20). The number of nitrogens with zero attached hydrogens (tertiary/aromatic N) is 3. The Hall–Kier alpha value is -2.30. The SMILES string of the molecule is Cc1nc(C(C)C)ncc1C(=O)NCc1cccnc1. The highest BCUT2D eigenvalue weighted by Gasteiger charge is 2.12. The van der Waals surface area contributed by atoms with Crippen LogP contribution in [-0.2, 0) is 6.54 Å². The number of nitrogens with one attached hydrogen (secondary N) is 1. The lowest BCUT2D eigenvalue weighted by Crippen LogP contribution is -2.24. The summed E-state index contributed by atoms with van der Waals surface area (Å²) in [6, 6.07) is 3.76. The Morgan fingerprint density at radius 1 is 1.35 bits per heavy atom. The Morgan fingerprint density at radius 3 is 2.75 bits per heavy atom. The van der Waals surface area contributed by atoms with Crippen molar-refractivity contribution in [3.8, 4) is 0 Å². The molecule has 0 bridgehead atoms. The lowest BCUT2D eigenvalue weighted by molar-refractivity contribution is 0.0949. The quantitative estimate of drug-likeness (QED) is 0.925. The van der Waals surface area contributed by atoms with E-state index in [2.05, 4.69) is 20.3 Å². The average Bonchev–Trinajstić information content (AvgIpc) is 2.45. The van der Waals surface area contributed by atoms with Gasteiger partial charge in [0.2, 0.25) is 0 Å². The van der Waals surface area contributed by atoms with Crippen LogP contribution in [0.3, 0.4) is 0 Å². The van der Waals surface area contributed by atoms with Gasteiger partial charge >= 0.3 is 0 Å². The van der Waals surface area contributed by atoms with Gasteiger partial charge in [-0.15, -0.1) is 0 Å². The number of hydrogen-bond donors (Lipinski definition) is 1. The van der Waals surface area contributed by atoms with Crippen LogP contribution in [0.5, 0.6) is 0 Å². The largest absolute Gasteiger partial charge is 0.348 e. The molecule has 0 aliphatic heterocycles. The summed E-state index contributed by atoms with van der Waals surface area (Å²) >= 11 is 0. The maximum Gasteiger partial charge on any atom is 0.254 e. The zero-order valence-corrected chi connectivity index (χ0v) is 11.9. The maximum atomic E-state index is 12.1. The van der Waals surface area contributed by atoms with Crippen molar-refractivity contribution in [1.82, 2.24) is 20.3 Å². The number of amides is 1. The Morgan fingerprint density at radius 2 is 2.15 bits per heavy atom. The molecule has 0 fully saturated rings. The van der Waals surface area contributed by atoms with Gasteiger partial charge in [0.1, 0.15) is 5.82 Å². The minimum absolute atomic E-state index is 0.165. The van der Waals surface area contributed by atoms with Crippen molar-refractivity contribution >= 4 is 5.91 Å². The summed E-state index contributed by atoms with van der Waals surface area (Å²) in [5.74, 6) is 0.842. The highest BCUT2D eigenvalue weighted by molar-refractivity contribution is 5.94. The van der Waals surface area contributed by atoms with Gasteiger partial charge in [-0.1, -0.05) is 19.9 Å². The summed E-state index contributed by atoms with van der Waals surface area (Å²) < 4.78 is 0. The van der Waals surface area contributed by atoms with Crippen molar-refractivity contribution in [3.63, 3.8) is 0 Å². The first kappa shape index (κ1) is 14.1. The van der Waals surface area contributed by atoms with Crippen molar-refractivity contribution in [2.45, 2.75) is 33.2 Å². The number of hydrogen-bond acceptors (Lipinski definition) is 4. The topological polar surface area (TPSA) is 67.8 Å². The molecule has 2 aromatic heterocycles. The van der Waals surface area contributed by atoms with E-state index in [4.69, 9.17) is 0 Å². The minimum atomic E-state index is -0.165. The van der Waals surface area contributed by atoms with Crippen LogP contribution in [0.25, 0.3) is 0 Å². The van der Waals surface area contributed by atoms with E-state index in [0.717, 1.165) is 11.4 Å². The van der Waals surface area contributed by atoms with Gasteiger partial charge in [-0.25, -0.2) is 9.97 Å². The second kappa shape index (κ2) is 6.23. The molecule has 0 unspecified atom stereocenters. The molecule has 0 aromatic carbocycles. The third-order valence-electron chi connectivity index (χ3n) is 2.93. The van der Waals surface area contributed by atoms with Crippen LogP contribution in [0.1, 0.15) is 47.2 Å². The molecule has 0 aliphatic carbocycles. The van der Waals surface area contributed by atoms with Crippen LogP contribution in [0.2, 0.25) is 0 Å². The monoisotopic (exact) mass is 270 g/mol. The summed E-state index contributed by atoms with van der Waals surface area (Å²) in [5, 5.41) is 2.85. The molecule has 5 heteroatoms. The molecular weight excluding hydrogens is 252 g/mol. The van der Waals surface area contributed by atoms with Gasteiger partial charge in [-0.05, 0) is 18.6 Å². The normalized spacial score (nSPS) is 10.6. The fourth-order valence-corrected chi connectivity index (χ4v) is 1.77.